The molecule has 4 amide bonds. The van der Waals surface area contributed by atoms with Crippen molar-refractivity contribution >= 4 is 17.8 Å². The number of aromatic nitrogens is 2. The average Bonchev–Trinajstić information content (AvgIpc) is 2.72. The van der Waals surface area contributed by atoms with Crippen LogP contribution in [0.15, 0.2) is 49.1 Å². The smallest absolute Gasteiger partial charge is 0.332 e. The zero-order chi connectivity index (χ0) is 19.4. The largest absolute Gasteiger partial charge is 1.00 e. The quantitative estimate of drug-likeness (QED) is 0.423. The van der Waals surface area contributed by atoms with Crippen LogP contribution in [0.3, 0.4) is 0 Å². The van der Waals surface area contributed by atoms with E-state index in [9.17, 15) is 14.4 Å². The number of carbonyl (C=O) groups is 3. The van der Waals surface area contributed by atoms with Gasteiger partial charge in [0.15, 0.2) is 24.8 Å². The highest BCUT2D eigenvalue weighted by molar-refractivity contribution is 6.18. The molecule has 1 fully saturated rings. The maximum atomic E-state index is 13.1. The maximum absolute atomic E-state index is 13.1. The second-order valence-corrected chi connectivity index (χ2v) is 6.91. The predicted octanol–water partition coefficient (Wildman–Crippen LogP) is -5.07. The van der Waals surface area contributed by atoms with Crippen molar-refractivity contribution in [2.75, 3.05) is 14.1 Å². The molecule has 0 saturated carbocycles. The lowest BCUT2D eigenvalue weighted by Crippen LogP contribution is -3.00. The van der Waals surface area contributed by atoms with Gasteiger partial charge in [-0.2, -0.15) is 0 Å². The number of urea groups is 1. The van der Waals surface area contributed by atoms with Gasteiger partial charge in [0.2, 0.25) is 11.8 Å². The molecular formula is C20H24Cl2N4O3. The van der Waals surface area contributed by atoms with E-state index in [0.717, 1.165) is 20.9 Å². The molecule has 9 heteroatoms. The van der Waals surface area contributed by atoms with Gasteiger partial charge in [-0.05, 0) is 36.8 Å². The topological polar surface area (TPSA) is 86.0 Å². The lowest BCUT2D eigenvalue weighted by atomic mass is 9.74. The van der Waals surface area contributed by atoms with E-state index in [1.165, 1.54) is 14.1 Å². The molecule has 7 nitrogen and oxygen atoms in total. The van der Waals surface area contributed by atoms with Gasteiger partial charge < -0.3 is 24.8 Å². The van der Waals surface area contributed by atoms with Gasteiger partial charge >= 0.3 is 6.03 Å². The lowest BCUT2D eigenvalue weighted by Gasteiger charge is -2.41. The summed E-state index contributed by atoms with van der Waals surface area (Å²) in [5.41, 5.74) is 0.826. The fourth-order valence-electron chi connectivity index (χ4n) is 3.58. The molecule has 3 rings (SSSR count). The number of pyridine rings is 2. The number of carbonyl (C=O) groups excluding carboxylic acids is 3. The molecule has 0 spiro atoms. The van der Waals surface area contributed by atoms with Crippen LogP contribution in [-0.2, 0) is 22.4 Å². The predicted molar refractivity (Wildman–Crippen MR) is 96.0 cm³/mol. The standard InChI is InChI=1S/C20H22N4O3.2ClH/c1-23-17(25)20(18(26)24(2)19(23)27,9-3-15-5-11-21-12-6-15)10-4-16-7-13-22-14-8-16;;/h5-8,11-14H,3-4,9-10H2,1-2H3;2*1H. The molecule has 2 N–H and O–H groups in total. The minimum atomic E-state index is -1.24. The van der Waals surface area contributed by atoms with Gasteiger partial charge in [0, 0.05) is 38.4 Å². The summed E-state index contributed by atoms with van der Waals surface area (Å²) in [5.74, 6) is -0.832. The Morgan fingerprint density at radius 3 is 1.41 bits per heavy atom. The average molecular weight is 439 g/mol. The van der Waals surface area contributed by atoms with Crippen LogP contribution in [-0.4, -0.2) is 41.7 Å². The zero-order valence-electron chi connectivity index (χ0n) is 16.3. The molecule has 1 saturated heterocycles. The third-order valence-electron chi connectivity index (χ3n) is 5.26. The molecule has 3 heterocycles. The fourth-order valence-corrected chi connectivity index (χ4v) is 3.58. The van der Waals surface area contributed by atoms with Crippen LogP contribution in [0.1, 0.15) is 24.0 Å². The van der Waals surface area contributed by atoms with E-state index in [1.54, 1.807) is 0 Å². The van der Waals surface area contributed by atoms with Gasteiger partial charge in [0.25, 0.3) is 0 Å². The summed E-state index contributed by atoms with van der Waals surface area (Å²) in [5, 5.41) is 0. The number of imide groups is 2. The fraction of sp³-hybridized carbons (Fsp3) is 0.350. The summed E-state index contributed by atoms with van der Waals surface area (Å²) in [6.45, 7) is 0. The molecule has 0 radical (unpaired) electrons. The second-order valence-electron chi connectivity index (χ2n) is 6.91. The Bertz CT molecular complexity index is 780. The summed E-state index contributed by atoms with van der Waals surface area (Å²) in [7, 11) is 2.88. The Labute approximate surface area is 182 Å². The van der Waals surface area contributed by atoms with Crippen LogP contribution in [0.4, 0.5) is 4.79 Å². The highest BCUT2D eigenvalue weighted by atomic mass is 35.5. The van der Waals surface area contributed by atoms with E-state index in [1.807, 2.05) is 49.1 Å². The highest BCUT2D eigenvalue weighted by Crippen LogP contribution is 2.37. The molecule has 0 atom stereocenters. The van der Waals surface area contributed by atoms with Crippen LogP contribution in [0, 0.1) is 5.41 Å². The van der Waals surface area contributed by atoms with E-state index < -0.39 is 23.3 Å². The first-order valence-electron chi connectivity index (χ1n) is 8.96. The summed E-state index contributed by atoms with van der Waals surface area (Å²) in [4.78, 5) is 46.5. The van der Waals surface area contributed by atoms with Crippen LogP contribution in [0.2, 0.25) is 0 Å². The number of rotatable bonds is 6. The van der Waals surface area contributed by atoms with Crippen molar-refractivity contribution < 1.29 is 49.2 Å². The number of halogens is 2. The van der Waals surface area contributed by atoms with Crippen LogP contribution in [0.25, 0.3) is 0 Å². The van der Waals surface area contributed by atoms with Gasteiger partial charge in [-0.15, -0.1) is 0 Å². The van der Waals surface area contributed by atoms with Crippen LogP contribution in [0.5, 0.6) is 0 Å². The van der Waals surface area contributed by atoms with Crippen molar-refractivity contribution in [3.05, 3.63) is 60.2 Å². The van der Waals surface area contributed by atoms with E-state index in [4.69, 9.17) is 0 Å². The lowest BCUT2D eigenvalue weighted by molar-refractivity contribution is -0.378. The normalized spacial score (nSPS) is 15.6. The van der Waals surface area contributed by atoms with Gasteiger partial charge in [0.05, 0.1) is 0 Å². The molecule has 1 aliphatic rings. The molecule has 156 valence electrons. The molecule has 2 aromatic heterocycles. The number of barbiturate groups is 1. The molecule has 0 aromatic carbocycles. The number of aryl methyl sites for hydroxylation is 2. The van der Waals surface area contributed by atoms with Crippen LogP contribution < -0.4 is 34.8 Å². The number of H-pyrrole nitrogens is 2. The SMILES string of the molecule is CN1C(=O)N(C)C(=O)C(CCc2cc[nH+]cc2)(CCc2cc[nH+]cc2)C1=O.[Cl-].[Cl-]. The Morgan fingerprint density at radius 1 is 0.724 bits per heavy atom. The van der Waals surface area contributed by atoms with Gasteiger partial charge in [-0.25, -0.2) is 14.8 Å². The van der Waals surface area contributed by atoms with Crippen molar-refractivity contribution in [3.63, 3.8) is 0 Å². The van der Waals surface area contributed by atoms with Crippen molar-refractivity contribution in [2.24, 2.45) is 5.41 Å². The van der Waals surface area contributed by atoms with Gasteiger partial charge in [-0.3, -0.25) is 19.4 Å². The molecule has 0 unspecified atom stereocenters. The number of nitrogens with one attached hydrogen (secondary N) is 2. The first-order valence-corrected chi connectivity index (χ1v) is 8.96. The number of amides is 4. The molecule has 29 heavy (non-hydrogen) atoms. The van der Waals surface area contributed by atoms with Crippen molar-refractivity contribution in [1.82, 2.24) is 9.80 Å². The maximum Gasteiger partial charge on any atom is 0.332 e. The van der Waals surface area contributed by atoms with Gasteiger partial charge in [-0.1, -0.05) is 0 Å². The summed E-state index contributed by atoms with van der Waals surface area (Å²) in [6.07, 6.45) is 9.12. The Hall–Kier alpha value is -2.51. The molecule has 1 aliphatic heterocycles. The number of nitrogens with zero attached hydrogens (tertiary/aromatic N) is 2. The minimum absolute atomic E-state index is 0. The molecule has 0 aliphatic carbocycles. The van der Waals surface area contributed by atoms with E-state index in [2.05, 4.69) is 9.97 Å². The third kappa shape index (κ3) is 4.92. The van der Waals surface area contributed by atoms with Crippen LogP contribution >= 0.6 is 0 Å². The molecule has 0 bridgehead atoms. The van der Waals surface area contributed by atoms with E-state index >= 15 is 0 Å². The zero-order valence-corrected chi connectivity index (χ0v) is 17.8. The first kappa shape index (κ1) is 24.5. The highest BCUT2D eigenvalue weighted by Gasteiger charge is 2.54. The first-order chi connectivity index (χ1) is 13.0. The summed E-state index contributed by atoms with van der Waals surface area (Å²) >= 11 is 0. The minimum Gasteiger partial charge on any atom is -1.00 e. The van der Waals surface area contributed by atoms with Crippen molar-refractivity contribution in [3.8, 4) is 0 Å². The molecular weight excluding hydrogens is 415 g/mol. The van der Waals surface area contributed by atoms with Crippen molar-refractivity contribution in [1.29, 1.82) is 0 Å². The van der Waals surface area contributed by atoms with Crippen molar-refractivity contribution in [2.45, 2.75) is 25.7 Å². The van der Waals surface area contributed by atoms with E-state index in [0.29, 0.717) is 25.7 Å². The number of hydrogen-bond donors (Lipinski definition) is 0. The third-order valence-corrected chi connectivity index (χ3v) is 5.26. The van der Waals surface area contributed by atoms with E-state index in [-0.39, 0.29) is 24.8 Å². The molecule has 2 aromatic rings. The number of hydrogen-bond acceptors (Lipinski definition) is 3. The Balaban J connectivity index is 0.00000210. The number of aromatic amines is 2. The second kappa shape index (κ2) is 10.3. The summed E-state index contributed by atoms with van der Waals surface area (Å²) < 4.78 is 0. The Morgan fingerprint density at radius 2 is 1.07 bits per heavy atom. The van der Waals surface area contributed by atoms with Gasteiger partial charge in [0.1, 0.15) is 5.41 Å². The summed E-state index contributed by atoms with van der Waals surface area (Å²) in [6, 6.07) is 7.13. The monoisotopic (exact) mass is 438 g/mol. The Kier molecular flexibility index (Phi) is 8.73.